The normalized spacial score (nSPS) is 16.3. The third kappa shape index (κ3) is 3.58. The number of nitrogen functional groups attached to an aromatic ring is 1. The van der Waals surface area contributed by atoms with Crippen LogP contribution in [0.15, 0.2) is 0 Å². The van der Waals surface area contributed by atoms with E-state index in [0.29, 0.717) is 10.9 Å². The van der Waals surface area contributed by atoms with Gasteiger partial charge in [-0.05, 0) is 39.0 Å². The van der Waals surface area contributed by atoms with Crippen molar-refractivity contribution in [1.29, 1.82) is 0 Å². The predicted molar refractivity (Wildman–Crippen MR) is 110 cm³/mol. The number of aromatic nitrogens is 5. The number of carbonyl (C=O) groups excluding carboxylic acids is 1. The van der Waals surface area contributed by atoms with Crippen molar-refractivity contribution >= 4 is 34.1 Å². The molecule has 0 spiro atoms. The topological polar surface area (TPSA) is 111 Å². The molecule has 1 unspecified atom stereocenters. The Morgan fingerprint density at radius 1 is 1.32 bits per heavy atom. The van der Waals surface area contributed by atoms with E-state index in [1.165, 1.54) is 24.1 Å². The van der Waals surface area contributed by atoms with E-state index >= 15 is 0 Å². The number of nitrogens with one attached hydrogen (secondary N) is 1. The molecule has 3 N–H and O–H groups in total. The summed E-state index contributed by atoms with van der Waals surface area (Å²) in [5.74, 6) is 1.27. The first kappa shape index (κ1) is 18.8. The van der Waals surface area contributed by atoms with E-state index in [2.05, 4.69) is 32.3 Å². The molecule has 0 radical (unpaired) electrons. The van der Waals surface area contributed by atoms with Gasteiger partial charge in [-0.1, -0.05) is 19.8 Å². The molecule has 1 aliphatic carbocycles. The number of nitrogens with two attached hydrogens (primary N) is 1. The predicted octanol–water partition coefficient (Wildman–Crippen LogP) is 2.87. The van der Waals surface area contributed by atoms with Gasteiger partial charge in [0.1, 0.15) is 0 Å². The SMILES string of the molecule is CCCC1CCc2nc(NC(=O)Cc3c(C)nc4nc(N)nn4c3C)sc2C1. The highest BCUT2D eigenvalue weighted by Crippen LogP contribution is 2.34. The molecular formula is C19H25N7OS. The van der Waals surface area contributed by atoms with Crippen LogP contribution in [0, 0.1) is 19.8 Å². The summed E-state index contributed by atoms with van der Waals surface area (Å²) >= 11 is 1.62. The number of thiazole rings is 1. The molecule has 3 aromatic heterocycles. The molecule has 3 aromatic rings. The average molecular weight is 400 g/mol. The van der Waals surface area contributed by atoms with E-state index in [1.807, 2.05) is 13.8 Å². The van der Waals surface area contributed by atoms with Crippen LogP contribution in [-0.2, 0) is 24.1 Å². The van der Waals surface area contributed by atoms with Crippen LogP contribution in [0.2, 0.25) is 0 Å². The molecule has 0 aliphatic heterocycles. The fourth-order valence-electron chi connectivity index (χ4n) is 3.96. The Balaban J connectivity index is 1.49. The quantitative estimate of drug-likeness (QED) is 0.682. The van der Waals surface area contributed by atoms with Crippen molar-refractivity contribution in [2.75, 3.05) is 11.1 Å². The van der Waals surface area contributed by atoms with Crippen LogP contribution in [0.3, 0.4) is 0 Å². The molecule has 0 aromatic carbocycles. The summed E-state index contributed by atoms with van der Waals surface area (Å²) in [5.41, 5.74) is 9.24. The molecule has 1 atom stereocenters. The van der Waals surface area contributed by atoms with Crippen molar-refractivity contribution in [2.24, 2.45) is 5.92 Å². The van der Waals surface area contributed by atoms with Gasteiger partial charge >= 0.3 is 0 Å². The molecule has 28 heavy (non-hydrogen) atoms. The second kappa shape index (κ2) is 7.46. The molecule has 3 heterocycles. The first-order chi connectivity index (χ1) is 13.4. The zero-order valence-corrected chi connectivity index (χ0v) is 17.3. The van der Waals surface area contributed by atoms with Crippen molar-refractivity contribution < 1.29 is 4.79 Å². The largest absolute Gasteiger partial charge is 0.366 e. The van der Waals surface area contributed by atoms with E-state index < -0.39 is 0 Å². The minimum Gasteiger partial charge on any atom is -0.366 e. The van der Waals surface area contributed by atoms with E-state index in [0.717, 1.165) is 41.4 Å². The molecule has 148 valence electrons. The Hall–Kier alpha value is -2.55. The van der Waals surface area contributed by atoms with Crippen LogP contribution in [-0.4, -0.2) is 30.5 Å². The summed E-state index contributed by atoms with van der Waals surface area (Å²) in [6.07, 6.45) is 5.99. The Morgan fingerprint density at radius 2 is 2.14 bits per heavy atom. The van der Waals surface area contributed by atoms with Crippen molar-refractivity contribution in [3.05, 3.63) is 27.5 Å². The van der Waals surface area contributed by atoms with Crippen LogP contribution in [0.1, 0.15) is 53.7 Å². The first-order valence-electron chi connectivity index (χ1n) is 9.71. The monoisotopic (exact) mass is 399 g/mol. The van der Waals surface area contributed by atoms with Gasteiger partial charge in [0.2, 0.25) is 11.9 Å². The lowest BCUT2D eigenvalue weighted by Gasteiger charge is -2.19. The van der Waals surface area contributed by atoms with Gasteiger partial charge in [0.25, 0.3) is 5.78 Å². The summed E-state index contributed by atoms with van der Waals surface area (Å²) < 4.78 is 1.58. The van der Waals surface area contributed by atoms with Crippen molar-refractivity contribution in [3.63, 3.8) is 0 Å². The number of carbonyl (C=O) groups is 1. The number of aryl methyl sites for hydroxylation is 3. The van der Waals surface area contributed by atoms with Gasteiger partial charge in [0.15, 0.2) is 5.13 Å². The van der Waals surface area contributed by atoms with E-state index in [4.69, 9.17) is 5.73 Å². The standard InChI is InChI=1S/C19H25N7OS/c1-4-5-12-6-7-14-15(8-12)28-19(22-14)23-16(27)9-13-10(2)21-18-24-17(20)25-26(18)11(13)3/h12H,4-9H2,1-3H3,(H2,20,25)(H,22,23,27). The Kier molecular flexibility index (Phi) is 5.01. The minimum absolute atomic E-state index is 0.100. The zero-order valence-electron chi connectivity index (χ0n) is 16.4. The lowest BCUT2D eigenvalue weighted by atomic mass is 9.88. The maximum Gasteiger partial charge on any atom is 0.254 e. The highest BCUT2D eigenvalue weighted by molar-refractivity contribution is 7.15. The third-order valence-corrected chi connectivity index (χ3v) is 6.42. The maximum atomic E-state index is 12.7. The van der Waals surface area contributed by atoms with Crippen LogP contribution >= 0.6 is 11.3 Å². The molecule has 0 bridgehead atoms. The molecule has 9 heteroatoms. The number of hydrogen-bond donors (Lipinski definition) is 2. The zero-order chi connectivity index (χ0) is 19.8. The number of amides is 1. The van der Waals surface area contributed by atoms with Gasteiger partial charge in [-0.2, -0.15) is 9.50 Å². The second-order valence-electron chi connectivity index (χ2n) is 7.45. The Morgan fingerprint density at radius 3 is 2.93 bits per heavy atom. The fraction of sp³-hybridized carbons (Fsp3) is 0.526. The van der Waals surface area contributed by atoms with E-state index in [1.54, 1.807) is 15.9 Å². The molecule has 0 fully saturated rings. The van der Waals surface area contributed by atoms with Gasteiger partial charge in [0.05, 0.1) is 12.1 Å². The molecule has 4 rings (SSSR count). The first-order valence-corrected chi connectivity index (χ1v) is 10.5. The summed E-state index contributed by atoms with van der Waals surface area (Å²) in [7, 11) is 0. The van der Waals surface area contributed by atoms with Crippen LogP contribution in [0.5, 0.6) is 0 Å². The molecule has 1 amide bonds. The van der Waals surface area contributed by atoms with Crippen LogP contribution in [0.4, 0.5) is 11.1 Å². The van der Waals surface area contributed by atoms with Crippen LogP contribution in [0.25, 0.3) is 5.78 Å². The summed E-state index contributed by atoms with van der Waals surface area (Å²) in [6, 6.07) is 0. The highest BCUT2D eigenvalue weighted by Gasteiger charge is 2.23. The fourth-order valence-corrected chi connectivity index (χ4v) is 5.09. The third-order valence-electron chi connectivity index (χ3n) is 5.39. The Bertz CT molecular complexity index is 1040. The van der Waals surface area contributed by atoms with E-state index in [-0.39, 0.29) is 18.3 Å². The average Bonchev–Trinajstić information content (AvgIpc) is 3.20. The Labute approximate surface area is 167 Å². The molecular weight excluding hydrogens is 374 g/mol. The van der Waals surface area contributed by atoms with Crippen molar-refractivity contribution in [1.82, 2.24) is 24.6 Å². The number of hydrogen-bond acceptors (Lipinski definition) is 7. The smallest absolute Gasteiger partial charge is 0.254 e. The minimum atomic E-state index is -0.100. The second-order valence-corrected chi connectivity index (χ2v) is 8.54. The van der Waals surface area contributed by atoms with Gasteiger partial charge in [0, 0.05) is 21.8 Å². The maximum absolute atomic E-state index is 12.7. The van der Waals surface area contributed by atoms with Gasteiger partial charge in [-0.3, -0.25) is 4.79 Å². The molecule has 1 aliphatic rings. The highest BCUT2D eigenvalue weighted by atomic mass is 32.1. The molecule has 0 saturated carbocycles. The van der Waals surface area contributed by atoms with Gasteiger partial charge in [-0.15, -0.1) is 16.4 Å². The van der Waals surface area contributed by atoms with Gasteiger partial charge < -0.3 is 11.1 Å². The summed E-state index contributed by atoms with van der Waals surface area (Å²) in [4.78, 5) is 27.1. The number of rotatable bonds is 5. The summed E-state index contributed by atoms with van der Waals surface area (Å²) in [5, 5.41) is 7.82. The van der Waals surface area contributed by atoms with Gasteiger partial charge in [-0.25, -0.2) is 9.97 Å². The summed E-state index contributed by atoms with van der Waals surface area (Å²) in [6.45, 7) is 6.00. The number of nitrogens with zero attached hydrogens (tertiary/aromatic N) is 5. The van der Waals surface area contributed by atoms with Crippen LogP contribution < -0.4 is 11.1 Å². The molecule has 8 nitrogen and oxygen atoms in total. The van der Waals surface area contributed by atoms with E-state index in [9.17, 15) is 4.79 Å². The number of anilines is 2. The van der Waals surface area contributed by atoms with Crippen molar-refractivity contribution in [2.45, 2.75) is 59.3 Å². The number of fused-ring (bicyclic) bond motifs is 2. The lowest BCUT2D eigenvalue weighted by molar-refractivity contribution is -0.115. The molecule has 0 saturated heterocycles. The lowest BCUT2D eigenvalue weighted by Crippen LogP contribution is -2.17. The van der Waals surface area contributed by atoms with Crippen molar-refractivity contribution in [3.8, 4) is 0 Å².